The predicted octanol–water partition coefficient (Wildman–Crippen LogP) is 3.64. The summed E-state index contributed by atoms with van der Waals surface area (Å²) in [4.78, 5) is 8.47. The highest BCUT2D eigenvalue weighted by atomic mass is 19.3. The van der Waals surface area contributed by atoms with Crippen LogP contribution in [0, 0.1) is 0 Å². The number of hydrogen-bond acceptors (Lipinski definition) is 4. The number of hydrogen-bond donors (Lipinski definition) is 0. The van der Waals surface area contributed by atoms with Crippen molar-refractivity contribution in [2.75, 3.05) is 0 Å². The first-order chi connectivity index (χ1) is 10.1. The largest absolute Gasteiger partial charge is 0.339 e. The number of alkyl halides is 2. The van der Waals surface area contributed by atoms with Crippen molar-refractivity contribution in [3.05, 3.63) is 41.8 Å². The van der Waals surface area contributed by atoms with E-state index in [1.54, 1.807) is 6.20 Å². The van der Waals surface area contributed by atoms with Crippen LogP contribution in [0.25, 0.3) is 0 Å². The summed E-state index contributed by atoms with van der Waals surface area (Å²) in [7, 11) is 0. The Bertz CT molecular complexity index is 643. The highest BCUT2D eigenvalue weighted by Gasteiger charge is 2.46. The normalized spacial score (nSPS) is 30.5. The van der Waals surface area contributed by atoms with Crippen molar-refractivity contribution < 1.29 is 13.3 Å². The Kier molecular flexibility index (Phi) is 2.80. The molecule has 0 aromatic carbocycles. The maximum atomic E-state index is 13.2. The fourth-order valence-corrected chi connectivity index (χ4v) is 3.17. The third kappa shape index (κ3) is 2.43. The molecule has 0 saturated heterocycles. The molecule has 0 bridgehead atoms. The summed E-state index contributed by atoms with van der Waals surface area (Å²) in [6.07, 6.45) is 4.73. The van der Waals surface area contributed by atoms with Gasteiger partial charge in [-0.15, -0.1) is 0 Å². The third-order valence-electron chi connectivity index (χ3n) is 4.45. The SMILES string of the molecule is FC1(F)CCC(c2noc([C@@H]3C[C@H]3c3cccnc3)n2)C1. The summed E-state index contributed by atoms with van der Waals surface area (Å²) < 4.78 is 31.8. The summed E-state index contributed by atoms with van der Waals surface area (Å²) in [5, 5.41) is 3.92. The molecular weight excluding hydrogens is 276 g/mol. The van der Waals surface area contributed by atoms with Crippen molar-refractivity contribution in [3.8, 4) is 0 Å². The van der Waals surface area contributed by atoms with Gasteiger partial charge in [-0.1, -0.05) is 11.2 Å². The molecular formula is C15H15F2N3O. The molecule has 2 aliphatic carbocycles. The van der Waals surface area contributed by atoms with Gasteiger partial charge in [0.15, 0.2) is 5.82 Å². The highest BCUT2D eigenvalue weighted by Crippen LogP contribution is 2.54. The van der Waals surface area contributed by atoms with E-state index < -0.39 is 5.92 Å². The summed E-state index contributed by atoms with van der Waals surface area (Å²) in [5.74, 6) is -1.26. The van der Waals surface area contributed by atoms with Crippen LogP contribution in [0.15, 0.2) is 29.0 Å². The molecule has 2 saturated carbocycles. The first-order valence-corrected chi connectivity index (χ1v) is 7.24. The fraction of sp³-hybridized carbons (Fsp3) is 0.533. The molecule has 2 aromatic heterocycles. The van der Waals surface area contributed by atoms with Crippen LogP contribution in [-0.4, -0.2) is 21.0 Å². The molecule has 3 atom stereocenters. The molecule has 2 fully saturated rings. The summed E-state index contributed by atoms with van der Waals surface area (Å²) in [6.45, 7) is 0. The smallest absolute Gasteiger partial charge is 0.248 e. The molecule has 1 unspecified atom stereocenters. The maximum Gasteiger partial charge on any atom is 0.248 e. The average Bonchev–Trinajstić information content (AvgIpc) is 2.97. The topological polar surface area (TPSA) is 51.8 Å². The average molecular weight is 291 g/mol. The minimum absolute atomic E-state index is 0.0801. The van der Waals surface area contributed by atoms with Crippen molar-refractivity contribution in [1.29, 1.82) is 0 Å². The minimum atomic E-state index is -2.58. The van der Waals surface area contributed by atoms with E-state index in [1.165, 1.54) is 0 Å². The highest BCUT2D eigenvalue weighted by molar-refractivity contribution is 5.28. The van der Waals surface area contributed by atoms with Crippen LogP contribution >= 0.6 is 0 Å². The number of halogens is 2. The van der Waals surface area contributed by atoms with Crippen LogP contribution in [0.4, 0.5) is 8.78 Å². The van der Waals surface area contributed by atoms with Gasteiger partial charge in [0.1, 0.15) is 0 Å². The number of pyridine rings is 1. The van der Waals surface area contributed by atoms with Crippen LogP contribution in [0.5, 0.6) is 0 Å². The zero-order valence-corrected chi connectivity index (χ0v) is 11.4. The predicted molar refractivity (Wildman–Crippen MR) is 70.2 cm³/mol. The van der Waals surface area contributed by atoms with Crippen molar-refractivity contribution in [2.45, 2.75) is 49.4 Å². The Morgan fingerprint density at radius 2 is 2.19 bits per heavy atom. The summed E-state index contributed by atoms with van der Waals surface area (Å²) in [6, 6.07) is 3.94. The minimum Gasteiger partial charge on any atom is -0.339 e. The summed E-state index contributed by atoms with van der Waals surface area (Å²) in [5.41, 5.74) is 1.16. The van der Waals surface area contributed by atoms with Crippen LogP contribution in [0.2, 0.25) is 0 Å². The quantitative estimate of drug-likeness (QED) is 0.866. The Labute approximate surface area is 120 Å². The molecule has 21 heavy (non-hydrogen) atoms. The molecule has 4 nitrogen and oxygen atoms in total. The lowest BCUT2D eigenvalue weighted by molar-refractivity contribution is 0.00749. The Balaban J connectivity index is 1.47. The van der Waals surface area contributed by atoms with Gasteiger partial charge in [0, 0.05) is 37.1 Å². The lowest BCUT2D eigenvalue weighted by Gasteiger charge is -2.06. The Morgan fingerprint density at radius 3 is 2.90 bits per heavy atom. The van der Waals surface area contributed by atoms with E-state index in [0.29, 0.717) is 24.1 Å². The van der Waals surface area contributed by atoms with E-state index in [2.05, 4.69) is 15.1 Å². The molecule has 0 amide bonds. The third-order valence-corrected chi connectivity index (χ3v) is 4.45. The molecule has 4 rings (SSSR count). The van der Waals surface area contributed by atoms with Gasteiger partial charge >= 0.3 is 0 Å². The second kappa shape index (κ2) is 4.58. The number of nitrogens with zero attached hydrogens (tertiary/aromatic N) is 3. The first kappa shape index (κ1) is 12.9. The maximum absolute atomic E-state index is 13.2. The molecule has 0 N–H and O–H groups in total. The zero-order chi connectivity index (χ0) is 14.4. The lowest BCUT2D eigenvalue weighted by Crippen LogP contribution is -2.09. The van der Waals surface area contributed by atoms with Gasteiger partial charge in [-0.05, 0) is 30.4 Å². The molecule has 6 heteroatoms. The van der Waals surface area contributed by atoms with E-state index in [9.17, 15) is 8.78 Å². The summed E-state index contributed by atoms with van der Waals surface area (Å²) >= 11 is 0. The molecule has 0 aliphatic heterocycles. The van der Waals surface area contributed by atoms with Gasteiger partial charge in [-0.25, -0.2) is 8.78 Å². The van der Waals surface area contributed by atoms with Gasteiger partial charge in [0.2, 0.25) is 11.8 Å². The van der Waals surface area contributed by atoms with Crippen LogP contribution < -0.4 is 0 Å². The van der Waals surface area contributed by atoms with Crippen molar-refractivity contribution in [3.63, 3.8) is 0 Å². The van der Waals surface area contributed by atoms with Gasteiger partial charge < -0.3 is 4.52 Å². The van der Waals surface area contributed by atoms with Crippen molar-refractivity contribution in [1.82, 2.24) is 15.1 Å². The monoisotopic (exact) mass is 291 g/mol. The number of rotatable bonds is 3. The Morgan fingerprint density at radius 1 is 1.29 bits per heavy atom. The van der Waals surface area contributed by atoms with E-state index in [4.69, 9.17) is 4.52 Å². The van der Waals surface area contributed by atoms with Gasteiger partial charge in [-0.2, -0.15) is 4.98 Å². The molecule has 2 heterocycles. The van der Waals surface area contributed by atoms with E-state index in [1.807, 2.05) is 18.3 Å². The van der Waals surface area contributed by atoms with Gasteiger partial charge in [0.05, 0.1) is 0 Å². The molecule has 110 valence electrons. The van der Waals surface area contributed by atoms with Crippen LogP contribution in [-0.2, 0) is 0 Å². The van der Waals surface area contributed by atoms with E-state index in [-0.39, 0.29) is 24.7 Å². The molecule has 0 radical (unpaired) electrons. The molecule has 2 aromatic rings. The second-order valence-corrected chi connectivity index (χ2v) is 6.02. The Hall–Kier alpha value is -1.85. The van der Waals surface area contributed by atoms with Crippen LogP contribution in [0.1, 0.15) is 60.7 Å². The fourth-order valence-electron chi connectivity index (χ4n) is 3.17. The lowest BCUT2D eigenvalue weighted by atomic mass is 10.1. The van der Waals surface area contributed by atoms with Gasteiger partial charge in [0.25, 0.3) is 0 Å². The second-order valence-electron chi connectivity index (χ2n) is 6.02. The first-order valence-electron chi connectivity index (χ1n) is 7.24. The standard InChI is InChI=1S/C15H15F2N3O/c16-15(17)4-3-9(7-15)13-19-14(21-20-13)12-6-11(12)10-2-1-5-18-8-10/h1-2,5,8-9,11-12H,3-4,6-7H2/t9?,11-,12+/m0/s1. The van der Waals surface area contributed by atoms with Crippen molar-refractivity contribution >= 4 is 0 Å². The van der Waals surface area contributed by atoms with E-state index >= 15 is 0 Å². The molecule has 2 aliphatic rings. The number of aromatic nitrogens is 3. The molecule has 0 spiro atoms. The van der Waals surface area contributed by atoms with Gasteiger partial charge in [-0.3, -0.25) is 4.98 Å². The van der Waals surface area contributed by atoms with Crippen molar-refractivity contribution in [2.24, 2.45) is 0 Å². The van der Waals surface area contributed by atoms with E-state index in [0.717, 1.165) is 12.0 Å². The van der Waals surface area contributed by atoms with Crippen LogP contribution in [0.3, 0.4) is 0 Å². The zero-order valence-electron chi connectivity index (χ0n) is 11.4.